The predicted octanol–water partition coefficient (Wildman–Crippen LogP) is 0.437. The van der Waals surface area contributed by atoms with Gasteiger partial charge in [0.05, 0.1) is 12.3 Å². The van der Waals surface area contributed by atoms with Crippen LogP contribution in [0.25, 0.3) is 0 Å². The summed E-state index contributed by atoms with van der Waals surface area (Å²) in [5.74, 6) is 0. The molecule has 1 aliphatic heterocycles. The van der Waals surface area contributed by atoms with Crippen molar-refractivity contribution < 1.29 is 8.42 Å². The zero-order valence-electron chi connectivity index (χ0n) is 12.6. The summed E-state index contributed by atoms with van der Waals surface area (Å²) in [7, 11) is -3.10. The normalized spacial score (nSPS) is 21.1. The summed E-state index contributed by atoms with van der Waals surface area (Å²) in [4.78, 5) is 6.34. The molecule has 1 aliphatic rings. The second kappa shape index (κ2) is 6.83. The maximum atomic E-state index is 11.6. The second-order valence-electron chi connectivity index (χ2n) is 5.50. The third kappa shape index (κ3) is 4.00. The summed E-state index contributed by atoms with van der Waals surface area (Å²) >= 11 is 0. The van der Waals surface area contributed by atoms with Crippen LogP contribution in [0.1, 0.15) is 24.9 Å². The monoisotopic (exact) mass is 312 g/mol. The van der Waals surface area contributed by atoms with E-state index in [1.165, 1.54) is 10.6 Å². The molecule has 0 bridgehead atoms. The first-order valence-corrected chi connectivity index (χ1v) is 9.13. The van der Waals surface area contributed by atoms with E-state index in [1.807, 2.05) is 12.1 Å². The van der Waals surface area contributed by atoms with Crippen LogP contribution in [0.5, 0.6) is 0 Å². The quantitative estimate of drug-likeness (QED) is 0.853. The van der Waals surface area contributed by atoms with Crippen molar-refractivity contribution >= 4 is 10.0 Å². The summed E-state index contributed by atoms with van der Waals surface area (Å²) < 4.78 is 24.7. The minimum Gasteiger partial charge on any atom is -0.326 e. The van der Waals surface area contributed by atoms with E-state index in [0.717, 1.165) is 12.0 Å². The molecule has 0 saturated carbocycles. The van der Waals surface area contributed by atoms with Crippen molar-refractivity contribution in [3.05, 3.63) is 30.1 Å². The summed E-state index contributed by atoms with van der Waals surface area (Å²) in [5.41, 5.74) is 7.45. The SMILES string of the molecule is CCC(N)C(c1ccncc1)N1CCN(S(C)(=O)=O)CC1. The van der Waals surface area contributed by atoms with E-state index < -0.39 is 10.0 Å². The maximum Gasteiger partial charge on any atom is 0.211 e. The molecular formula is C14H24N4O2S. The van der Waals surface area contributed by atoms with Crippen molar-refractivity contribution in [2.75, 3.05) is 32.4 Å². The number of rotatable bonds is 5. The highest BCUT2D eigenvalue weighted by atomic mass is 32.2. The van der Waals surface area contributed by atoms with Crippen LogP contribution in [-0.2, 0) is 10.0 Å². The molecule has 2 heterocycles. The van der Waals surface area contributed by atoms with Crippen LogP contribution in [0.15, 0.2) is 24.5 Å². The molecule has 0 amide bonds. The highest BCUT2D eigenvalue weighted by molar-refractivity contribution is 7.88. The Bertz CT molecular complexity index is 541. The van der Waals surface area contributed by atoms with E-state index in [0.29, 0.717) is 26.2 Å². The van der Waals surface area contributed by atoms with Gasteiger partial charge >= 0.3 is 0 Å². The Morgan fingerprint density at radius 2 is 1.81 bits per heavy atom. The first kappa shape index (κ1) is 16.4. The topological polar surface area (TPSA) is 79.5 Å². The van der Waals surface area contributed by atoms with Crippen LogP contribution in [0.3, 0.4) is 0 Å². The first-order chi connectivity index (χ1) is 9.93. The molecule has 2 unspecified atom stereocenters. The number of sulfonamides is 1. The maximum absolute atomic E-state index is 11.6. The van der Waals surface area contributed by atoms with Gasteiger partial charge in [0.25, 0.3) is 0 Å². The average Bonchev–Trinajstić information content (AvgIpc) is 2.48. The third-order valence-corrected chi connectivity index (χ3v) is 5.36. The third-order valence-electron chi connectivity index (χ3n) is 4.06. The van der Waals surface area contributed by atoms with Crippen LogP contribution in [-0.4, -0.2) is 61.1 Å². The van der Waals surface area contributed by atoms with Crippen LogP contribution in [0.2, 0.25) is 0 Å². The molecule has 1 fully saturated rings. The van der Waals surface area contributed by atoms with Crippen molar-refractivity contribution in [3.8, 4) is 0 Å². The van der Waals surface area contributed by atoms with Crippen molar-refractivity contribution in [2.45, 2.75) is 25.4 Å². The molecule has 2 rings (SSSR count). The molecule has 118 valence electrons. The Kier molecular flexibility index (Phi) is 5.32. The summed E-state index contributed by atoms with van der Waals surface area (Å²) in [6.07, 6.45) is 5.69. The fourth-order valence-electron chi connectivity index (χ4n) is 2.83. The minimum absolute atomic E-state index is 0.0252. The van der Waals surface area contributed by atoms with Gasteiger partial charge in [-0.15, -0.1) is 0 Å². The van der Waals surface area contributed by atoms with E-state index in [-0.39, 0.29) is 12.1 Å². The smallest absolute Gasteiger partial charge is 0.211 e. The molecular weight excluding hydrogens is 288 g/mol. The van der Waals surface area contributed by atoms with Crippen LogP contribution < -0.4 is 5.73 Å². The molecule has 21 heavy (non-hydrogen) atoms. The van der Waals surface area contributed by atoms with Crippen molar-refractivity contribution in [1.82, 2.24) is 14.2 Å². The molecule has 2 N–H and O–H groups in total. The van der Waals surface area contributed by atoms with Crippen molar-refractivity contribution in [2.24, 2.45) is 5.73 Å². The average molecular weight is 312 g/mol. The van der Waals surface area contributed by atoms with Gasteiger partial charge in [-0.3, -0.25) is 9.88 Å². The Balaban J connectivity index is 2.13. The van der Waals surface area contributed by atoms with Gasteiger partial charge in [0, 0.05) is 44.6 Å². The predicted molar refractivity (Wildman–Crippen MR) is 83.2 cm³/mol. The van der Waals surface area contributed by atoms with E-state index in [4.69, 9.17) is 5.73 Å². The number of aromatic nitrogens is 1. The Morgan fingerprint density at radius 3 is 2.29 bits per heavy atom. The highest BCUT2D eigenvalue weighted by Crippen LogP contribution is 2.26. The van der Waals surface area contributed by atoms with Gasteiger partial charge in [0.1, 0.15) is 0 Å². The standard InChI is InChI=1S/C14H24N4O2S/c1-3-13(15)14(12-4-6-16-7-5-12)17-8-10-18(11-9-17)21(2,19)20/h4-7,13-14H,3,8-11,15H2,1-2H3. The van der Waals surface area contributed by atoms with Gasteiger partial charge in [-0.25, -0.2) is 8.42 Å². The molecule has 0 aliphatic carbocycles. The molecule has 2 atom stereocenters. The fourth-order valence-corrected chi connectivity index (χ4v) is 3.65. The van der Waals surface area contributed by atoms with Gasteiger partial charge in [-0.05, 0) is 24.1 Å². The largest absolute Gasteiger partial charge is 0.326 e. The van der Waals surface area contributed by atoms with Crippen LogP contribution in [0, 0.1) is 0 Å². The fraction of sp³-hybridized carbons (Fsp3) is 0.643. The number of pyridine rings is 1. The second-order valence-corrected chi connectivity index (χ2v) is 7.48. The molecule has 0 spiro atoms. The van der Waals surface area contributed by atoms with Crippen LogP contribution in [0.4, 0.5) is 0 Å². The Labute approximate surface area is 127 Å². The van der Waals surface area contributed by atoms with Crippen LogP contribution >= 0.6 is 0 Å². The molecule has 1 aromatic rings. The van der Waals surface area contributed by atoms with E-state index in [2.05, 4.69) is 16.8 Å². The molecule has 1 aromatic heterocycles. The highest BCUT2D eigenvalue weighted by Gasteiger charge is 2.31. The lowest BCUT2D eigenvalue weighted by Crippen LogP contribution is -2.52. The molecule has 7 heteroatoms. The van der Waals surface area contributed by atoms with Crippen molar-refractivity contribution in [1.29, 1.82) is 0 Å². The van der Waals surface area contributed by atoms with Gasteiger partial charge in [-0.2, -0.15) is 4.31 Å². The van der Waals surface area contributed by atoms with E-state index in [1.54, 1.807) is 12.4 Å². The number of piperazine rings is 1. The van der Waals surface area contributed by atoms with E-state index >= 15 is 0 Å². The Morgan fingerprint density at radius 1 is 1.24 bits per heavy atom. The van der Waals surface area contributed by atoms with Gasteiger partial charge in [-0.1, -0.05) is 6.92 Å². The van der Waals surface area contributed by atoms with Gasteiger partial charge < -0.3 is 5.73 Å². The summed E-state index contributed by atoms with van der Waals surface area (Å²) in [6, 6.07) is 4.11. The molecule has 0 radical (unpaired) electrons. The molecule has 6 nitrogen and oxygen atoms in total. The molecule has 1 saturated heterocycles. The van der Waals surface area contributed by atoms with Crippen molar-refractivity contribution in [3.63, 3.8) is 0 Å². The lowest BCUT2D eigenvalue weighted by atomic mass is 9.96. The number of hydrogen-bond acceptors (Lipinski definition) is 5. The number of nitrogens with zero attached hydrogens (tertiary/aromatic N) is 3. The van der Waals surface area contributed by atoms with Gasteiger partial charge in [0.2, 0.25) is 10.0 Å². The summed E-state index contributed by atoms with van der Waals surface area (Å²) in [6.45, 7) is 4.53. The zero-order valence-corrected chi connectivity index (χ0v) is 13.5. The lowest BCUT2D eigenvalue weighted by Gasteiger charge is -2.40. The van der Waals surface area contributed by atoms with E-state index in [9.17, 15) is 8.42 Å². The number of nitrogens with two attached hydrogens (primary N) is 1. The lowest BCUT2D eigenvalue weighted by molar-refractivity contribution is 0.119. The number of hydrogen-bond donors (Lipinski definition) is 1. The minimum atomic E-state index is -3.10. The summed E-state index contributed by atoms with van der Waals surface area (Å²) in [5, 5.41) is 0. The molecule has 0 aromatic carbocycles. The Hall–Kier alpha value is -1.02. The zero-order chi connectivity index (χ0) is 15.5. The van der Waals surface area contributed by atoms with Gasteiger partial charge in [0.15, 0.2) is 0 Å². The first-order valence-electron chi connectivity index (χ1n) is 7.28.